The van der Waals surface area contributed by atoms with E-state index in [1.807, 2.05) is 11.1 Å². The lowest BCUT2D eigenvalue weighted by Crippen LogP contribution is -2.47. The van der Waals surface area contributed by atoms with Crippen molar-refractivity contribution in [1.82, 2.24) is 0 Å². The van der Waals surface area contributed by atoms with Gasteiger partial charge in [-0.15, -0.1) is 0 Å². The van der Waals surface area contributed by atoms with E-state index in [9.17, 15) is 0 Å². The Bertz CT molecular complexity index is 581. The van der Waals surface area contributed by atoms with Gasteiger partial charge in [-0.3, -0.25) is 0 Å². The Morgan fingerprint density at radius 2 is 1.92 bits per heavy atom. The number of hydrogen-bond acceptors (Lipinski definition) is 0. The van der Waals surface area contributed by atoms with Gasteiger partial charge in [0.15, 0.2) is 0 Å². The molecule has 2 fully saturated rings. The van der Waals surface area contributed by atoms with Crippen LogP contribution in [-0.4, -0.2) is 0 Å². The molecule has 2 unspecified atom stereocenters. The smallest absolute Gasteiger partial charge is 0.00423 e. The highest BCUT2D eigenvalue weighted by molar-refractivity contribution is 5.35. The molecule has 0 aromatic heterocycles. The summed E-state index contributed by atoms with van der Waals surface area (Å²) in [4.78, 5) is 0. The van der Waals surface area contributed by atoms with Crippen molar-refractivity contribution in [3.63, 3.8) is 0 Å². The summed E-state index contributed by atoms with van der Waals surface area (Å²) in [6.07, 6.45) is 18.2. The van der Waals surface area contributed by atoms with Gasteiger partial charge >= 0.3 is 0 Å². The van der Waals surface area contributed by atoms with E-state index in [1.54, 1.807) is 0 Å². The summed E-state index contributed by atoms with van der Waals surface area (Å²) >= 11 is 0. The first-order valence-electron chi connectivity index (χ1n) is 11.3. The maximum Gasteiger partial charge on any atom is -0.00423 e. The maximum atomic E-state index is 2.77. The predicted molar refractivity (Wildman–Crippen MR) is 108 cm³/mol. The van der Waals surface area contributed by atoms with E-state index in [1.165, 1.54) is 57.8 Å². The summed E-state index contributed by atoms with van der Waals surface area (Å²) in [5.74, 6) is 4.50. The molecule has 0 amide bonds. The molecule has 0 aliphatic heterocycles. The highest BCUT2D eigenvalue weighted by Crippen LogP contribution is 2.65. The topological polar surface area (TPSA) is 0 Å². The van der Waals surface area contributed by atoms with Crippen molar-refractivity contribution in [2.75, 3.05) is 0 Å². The summed E-state index contributed by atoms with van der Waals surface area (Å²) in [5.41, 5.74) is 4.73. The molecule has 0 spiro atoms. The van der Waals surface area contributed by atoms with Crippen molar-refractivity contribution in [3.8, 4) is 0 Å². The summed E-state index contributed by atoms with van der Waals surface area (Å²) < 4.78 is 0. The van der Waals surface area contributed by atoms with E-state index in [0.717, 1.165) is 29.6 Å². The van der Waals surface area contributed by atoms with E-state index in [4.69, 9.17) is 0 Å². The van der Waals surface area contributed by atoms with E-state index in [-0.39, 0.29) is 0 Å². The molecule has 25 heavy (non-hydrogen) atoms. The van der Waals surface area contributed by atoms with Gasteiger partial charge in [-0.1, -0.05) is 64.3 Å². The molecule has 0 heterocycles. The van der Waals surface area contributed by atoms with E-state index >= 15 is 0 Å². The Hall–Kier alpha value is -0.520. The van der Waals surface area contributed by atoms with Crippen molar-refractivity contribution in [2.24, 2.45) is 40.4 Å². The molecule has 2 saturated carbocycles. The number of hydrogen-bond donors (Lipinski definition) is 0. The van der Waals surface area contributed by atoms with Gasteiger partial charge in [-0.2, -0.15) is 0 Å². The Labute approximate surface area is 156 Å². The van der Waals surface area contributed by atoms with E-state index < -0.39 is 0 Å². The lowest BCUT2D eigenvalue weighted by atomic mass is 9.48. The van der Waals surface area contributed by atoms with Crippen molar-refractivity contribution in [1.29, 1.82) is 0 Å². The summed E-state index contributed by atoms with van der Waals surface area (Å²) in [5, 5.41) is 0. The summed E-state index contributed by atoms with van der Waals surface area (Å²) in [6, 6.07) is 0. The minimum absolute atomic E-state index is 0.466. The second kappa shape index (κ2) is 6.28. The first kappa shape index (κ1) is 17.9. The number of allylic oxidation sites excluding steroid dienone is 4. The minimum Gasteiger partial charge on any atom is -0.0842 e. The number of fused-ring (bicyclic) bond motifs is 5. The maximum absolute atomic E-state index is 2.77. The molecule has 140 valence electrons. The molecule has 0 N–H and O–H groups in total. The summed E-state index contributed by atoms with van der Waals surface area (Å²) in [7, 11) is 0. The highest BCUT2D eigenvalue weighted by atomic mass is 14.6. The van der Waals surface area contributed by atoms with E-state index in [0.29, 0.717) is 10.8 Å². The fourth-order valence-corrected chi connectivity index (χ4v) is 7.71. The zero-order chi connectivity index (χ0) is 17.8. The van der Waals surface area contributed by atoms with Crippen molar-refractivity contribution < 1.29 is 0 Å². The van der Waals surface area contributed by atoms with Gasteiger partial charge in [0.2, 0.25) is 0 Å². The molecule has 0 heteroatoms. The first-order valence-corrected chi connectivity index (χ1v) is 11.3. The molecule has 0 aromatic carbocycles. The highest BCUT2D eigenvalue weighted by Gasteiger charge is 2.55. The zero-order valence-electron chi connectivity index (χ0n) is 17.4. The Morgan fingerprint density at radius 3 is 2.68 bits per heavy atom. The minimum atomic E-state index is 0.466. The molecule has 4 rings (SSSR count). The van der Waals surface area contributed by atoms with Crippen molar-refractivity contribution in [3.05, 3.63) is 23.3 Å². The molecule has 4 aliphatic rings. The van der Waals surface area contributed by atoms with Crippen LogP contribution in [0.3, 0.4) is 0 Å². The predicted octanol–water partition coefficient (Wildman–Crippen LogP) is 7.56. The van der Waals surface area contributed by atoms with Gasteiger partial charge in [0, 0.05) is 0 Å². The second-order valence-electron chi connectivity index (χ2n) is 10.7. The average molecular weight is 341 g/mol. The van der Waals surface area contributed by atoms with Crippen LogP contribution in [0, 0.1) is 40.4 Å². The first-order chi connectivity index (χ1) is 11.9. The third-order valence-electron chi connectivity index (χ3n) is 9.18. The number of rotatable bonds is 3. The second-order valence-corrected chi connectivity index (χ2v) is 10.7. The van der Waals surface area contributed by atoms with Crippen LogP contribution in [0.4, 0.5) is 0 Å². The third kappa shape index (κ3) is 2.61. The molecule has 0 saturated heterocycles. The normalized spacial score (nSPS) is 47.2. The molecule has 4 aliphatic carbocycles. The lowest BCUT2D eigenvalue weighted by Gasteiger charge is -2.57. The van der Waals surface area contributed by atoms with E-state index in [2.05, 4.69) is 46.8 Å². The molecule has 0 bridgehead atoms. The van der Waals surface area contributed by atoms with Crippen LogP contribution in [0.2, 0.25) is 0 Å². The van der Waals surface area contributed by atoms with Gasteiger partial charge in [0.05, 0.1) is 0 Å². The molecule has 0 nitrogen and oxygen atoms in total. The molecule has 0 radical (unpaired) electrons. The Balaban J connectivity index is 1.63. The molecular formula is C25H40. The van der Waals surface area contributed by atoms with Gasteiger partial charge in [0.25, 0.3) is 0 Å². The SMILES string of the molecule is CCC[C@@H](C)C1=CCC2C3CC[C@@H]4C[C@H](C)CC[C@]4(C)C3=CC[C@]12C. The monoisotopic (exact) mass is 340 g/mol. The van der Waals surface area contributed by atoms with Crippen LogP contribution < -0.4 is 0 Å². The summed E-state index contributed by atoms with van der Waals surface area (Å²) in [6.45, 7) is 12.6. The standard InChI is InChI=1S/C25H40/c1-6-7-18(3)21-10-11-22-20-9-8-19-16-17(2)12-14-24(19,4)23(20)13-15-25(21,22)5/h10,13,17-20,22H,6-9,11-12,14-16H2,1-5H3/t17-,18-,19-,20?,22?,24+,25-/m1/s1. The van der Waals surface area contributed by atoms with Crippen molar-refractivity contribution >= 4 is 0 Å². The fourth-order valence-electron chi connectivity index (χ4n) is 7.71. The van der Waals surface area contributed by atoms with Gasteiger partial charge in [-0.05, 0) is 91.8 Å². The fraction of sp³-hybridized carbons (Fsp3) is 0.840. The Morgan fingerprint density at radius 1 is 1.12 bits per heavy atom. The van der Waals surface area contributed by atoms with Crippen LogP contribution in [-0.2, 0) is 0 Å². The van der Waals surface area contributed by atoms with Crippen LogP contribution in [0.15, 0.2) is 23.3 Å². The third-order valence-corrected chi connectivity index (χ3v) is 9.18. The van der Waals surface area contributed by atoms with Crippen molar-refractivity contribution in [2.45, 2.75) is 92.4 Å². The van der Waals surface area contributed by atoms with Gasteiger partial charge in [-0.25, -0.2) is 0 Å². The van der Waals surface area contributed by atoms with Gasteiger partial charge < -0.3 is 0 Å². The quantitative estimate of drug-likeness (QED) is 0.465. The molecular weight excluding hydrogens is 300 g/mol. The van der Waals surface area contributed by atoms with Crippen LogP contribution in [0.1, 0.15) is 92.4 Å². The van der Waals surface area contributed by atoms with Crippen LogP contribution in [0.5, 0.6) is 0 Å². The lowest BCUT2D eigenvalue weighted by molar-refractivity contribution is 0.0321. The largest absolute Gasteiger partial charge is 0.0842 e. The van der Waals surface area contributed by atoms with Crippen LogP contribution >= 0.6 is 0 Å². The zero-order valence-corrected chi connectivity index (χ0v) is 17.4. The average Bonchev–Trinajstić information content (AvgIpc) is 2.93. The Kier molecular flexibility index (Phi) is 4.49. The van der Waals surface area contributed by atoms with Crippen LogP contribution in [0.25, 0.3) is 0 Å². The molecule has 7 atom stereocenters. The molecule has 0 aromatic rings. The van der Waals surface area contributed by atoms with Gasteiger partial charge in [0.1, 0.15) is 0 Å².